The highest BCUT2D eigenvalue weighted by atomic mass is 32.2. The number of nitrogens with zero attached hydrogens (tertiary/aromatic N) is 3. The molecule has 2 heterocycles. The number of rotatable bonds is 5. The van der Waals surface area contributed by atoms with E-state index < -0.39 is 0 Å². The fraction of sp³-hybridized carbons (Fsp3) is 0.333. The van der Waals surface area contributed by atoms with Crippen molar-refractivity contribution in [2.24, 2.45) is 0 Å². The van der Waals surface area contributed by atoms with Gasteiger partial charge in [-0.15, -0.1) is 10.2 Å². The van der Waals surface area contributed by atoms with Crippen LogP contribution >= 0.6 is 23.1 Å². The van der Waals surface area contributed by atoms with Crippen molar-refractivity contribution in [2.75, 3.05) is 23.4 Å². The van der Waals surface area contributed by atoms with Crippen molar-refractivity contribution in [3.63, 3.8) is 0 Å². The summed E-state index contributed by atoms with van der Waals surface area (Å²) < 4.78 is 5.59. The molecule has 0 spiro atoms. The number of carbonyl (C=O) groups is 1. The van der Waals surface area contributed by atoms with E-state index >= 15 is 0 Å². The maximum Gasteiger partial charge on any atom is 0.236 e. The topological polar surface area (TPSA) is 92.9 Å². The minimum absolute atomic E-state index is 0.158. The fourth-order valence-electron chi connectivity index (χ4n) is 1.10. The van der Waals surface area contributed by atoms with Crippen molar-refractivity contribution in [1.29, 1.82) is 0 Å². The molecular weight excluding hydrogens is 274 g/mol. The summed E-state index contributed by atoms with van der Waals surface area (Å²) in [6.45, 7) is 1.76. The molecule has 2 aromatic heterocycles. The number of thioether (sulfide) groups is 1. The summed E-state index contributed by atoms with van der Waals surface area (Å²) >= 11 is 2.73. The quantitative estimate of drug-likeness (QED) is 0.806. The predicted octanol–water partition coefficient (Wildman–Crippen LogP) is 1.61. The third kappa shape index (κ3) is 3.44. The van der Waals surface area contributed by atoms with Crippen LogP contribution in [0.25, 0.3) is 0 Å². The summed E-state index contributed by atoms with van der Waals surface area (Å²) in [7, 11) is 1.77. The molecule has 0 radical (unpaired) electrons. The van der Waals surface area contributed by atoms with E-state index in [4.69, 9.17) is 4.52 Å². The summed E-state index contributed by atoms with van der Waals surface area (Å²) in [5.41, 5.74) is 0. The number of nitrogens with one attached hydrogen (secondary N) is 2. The number of carbonyl (C=O) groups excluding carboxylic acids is 1. The average Bonchev–Trinajstić information content (AvgIpc) is 2.95. The van der Waals surface area contributed by atoms with E-state index in [0.29, 0.717) is 11.6 Å². The van der Waals surface area contributed by atoms with Crippen LogP contribution in [0.2, 0.25) is 0 Å². The fourth-order valence-corrected chi connectivity index (χ4v) is 2.61. The lowest BCUT2D eigenvalue weighted by Crippen LogP contribution is -2.14. The zero-order valence-corrected chi connectivity index (χ0v) is 11.4. The van der Waals surface area contributed by atoms with Gasteiger partial charge in [-0.3, -0.25) is 4.79 Å². The Morgan fingerprint density at radius 2 is 2.39 bits per heavy atom. The first-order valence-electron chi connectivity index (χ1n) is 5.04. The average molecular weight is 285 g/mol. The molecule has 7 nitrogen and oxygen atoms in total. The van der Waals surface area contributed by atoms with Gasteiger partial charge >= 0.3 is 0 Å². The van der Waals surface area contributed by atoms with E-state index in [2.05, 4.69) is 26.0 Å². The smallest absolute Gasteiger partial charge is 0.236 e. The summed E-state index contributed by atoms with van der Waals surface area (Å²) in [6, 6.07) is 1.66. The Morgan fingerprint density at radius 1 is 1.56 bits per heavy atom. The maximum atomic E-state index is 11.6. The van der Waals surface area contributed by atoms with Gasteiger partial charge in [-0.05, 0) is 6.92 Å². The standard InChI is InChI=1S/C9H11N5O2S2/c1-5-3-6(14-16-5)11-7(15)4-17-9-13-12-8(10-2)18-9/h3H,4H2,1-2H3,(H,10,12)(H,11,14,15). The van der Waals surface area contributed by atoms with E-state index in [1.165, 1.54) is 23.1 Å². The van der Waals surface area contributed by atoms with Crippen LogP contribution in [0.4, 0.5) is 10.9 Å². The maximum absolute atomic E-state index is 11.6. The van der Waals surface area contributed by atoms with Crippen molar-refractivity contribution >= 4 is 40.0 Å². The normalized spacial score (nSPS) is 10.3. The highest BCUT2D eigenvalue weighted by molar-refractivity contribution is 8.01. The number of hydrogen-bond acceptors (Lipinski definition) is 8. The molecule has 0 aliphatic rings. The van der Waals surface area contributed by atoms with Crippen LogP contribution in [0.5, 0.6) is 0 Å². The summed E-state index contributed by atoms with van der Waals surface area (Å²) in [6.07, 6.45) is 0. The lowest BCUT2D eigenvalue weighted by atomic mass is 10.5. The van der Waals surface area contributed by atoms with Crippen molar-refractivity contribution in [3.8, 4) is 0 Å². The van der Waals surface area contributed by atoms with E-state index in [1.807, 2.05) is 0 Å². The molecule has 2 aromatic rings. The molecule has 18 heavy (non-hydrogen) atoms. The molecular formula is C9H11N5O2S2. The number of aryl methyl sites for hydroxylation is 1. The predicted molar refractivity (Wildman–Crippen MR) is 70.0 cm³/mol. The van der Waals surface area contributed by atoms with Gasteiger partial charge in [-0.2, -0.15) is 0 Å². The Labute approximate surface area is 111 Å². The van der Waals surface area contributed by atoms with Crippen LogP contribution in [0, 0.1) is 6.92 Å². The molecule has 2 N–H and O–H groups in total. The van der Waals surface area contributed by atoms with E-state index in [0.717, 1.165) is 9.47 Å². The van der Waals surface area contributed by atoms with Gasteiger partial charge in [0.25, 0.3) is 0 Å². The molecule has 0 fully saturated rings. The van der Waals surface area contributed by atoms with E-state index in [9.17, 15) is 4.79 Å². The molecule has 96 valence electrons. The molecule has 0 unspecified atom stereocenters. The number of hydrogen-bond donors (Lipinski definition) is 2. The zero-order valence-electron chi connectivity index (χ0n) is 9.76. The second-order valence-electron chi connectivity index (χ2n) is 3.28. The van der Waals surface area contributed by atoms with Crippen LogP contribution in [0.3, 0.4) is 0 Å². The van der Waals surface area contributed by atoms with Gasteiger partial charge in [0.05, 0.1) is 5.75 Å². The Morgan fingerprint density at radius 3 is 3.00 bits per heavy atom. The Hall–Kier alpha value is -1.61. The second kappa shape index (κ2) is 5.83. The van der Waals surface area contributed by atoms with Gasteiger partial charge in [0.2, 0.25) is 11.0 Å². The number of anilines is 2. The summed E-state index contributed by atoms with van der Waals surface area (Å²) in [5, 5.41) is 17.7. The molecule has 0 saturated heterocycles. The molecule has 0 atom stereocenters. The lowest BCUT2D eigenvalue weighted by molar-refractivity contribution is -0.113. The first-order valence-corrected chi connectivity index (χ1v) is 6.85. The van der Waals surface area contributed by atoms with Gasteiger partial charge in [-0.1, -0.05) is 28.3 Å². The zero-order chi connectivity index (χ0) is 13.0. The summed E-state index contributed by atoms with van der Waals surface area (Å²) in [5.74, 6) is 1.17. The molecule has 9 heteroatoms. The monoisotopic (exact) mass is 285 g/mol. The summed E-state index contributed by atoms with van der Waals surface area (Å²) in [4.78, 5) is 11.6. The molecule has 1 amide bonds. The molecule has 0 aromatic carbocycles. The Bertz CT molecular complexity index is 539. The van der Waals surface area contributed by atoms with Crippen molar-refractivity contribution < 1.29 is 9.32 Å². The third-order valence-corrected chi connectivity index (χ3v) is 3.92. The van der Waals surface area contributed by atoms with Crippen LogP contribution < -0.4 is 10.6 Å². The van der Waals surface area contributed by atoms with Crippen molar-refractivity contribution in [2.45, 2.75) is 11.3 Å². The van der Waals surface area contributed by atoms with E-state index in [1.54, 1.807) is 20.0 Å². The molecule has 0 aliphatic heterocycles. The Balaban J connectivity index is 1.81. The van der Waals surface area contributed by atoms with Gasteiger partial charge < -0.3 is 15.2 Å². The van der Waals surface area contributed by atoms with Crippen molar-refractivity contribution in [3.05, 3.63) is 11.8 Å². The minimum Gasteiger partial charge on any atom is -0.363 e. The van der Waals surface area contributed by atoms with Gasteiger partial charge in [0.15, 0.2) is 10.2 Å². The van der Waals surface area contributed by atoms with Crippen LogP contribution in [-0.4, -0.2) is 34.1 Å². The second-order valence-corrected chi connectivity index (χ2v) is 5.48. The van der Waals surface area contributed by atoms with Crippen LogP contribution in [0.1, 0.15) is 5.76 Å². The lowest BCUT2D eigenvalue weighted by Gasteiger charge is -1.98. The first-order chi connectivity index (χ1) is 8.67. The van der Waals surface area contributed by atoms with Crippen molar-refractivity contribution in [1.82, 2.24) is 15.4 Å². The molecule has 0 aliphatic carbocycles. The van der Waals surface area contributed by atoms with Gasteiger partial charge in [0.1, 0.15) is 5.76 Å². The minimum atomic E-state index is -0.158. The highest BCUT2D eigenvalue weighted by Crippen LogP contribution is 2.24. The van der Waals surface area contributed by atoms with E-state index in [-0.39, 0.29) is 11.7 Å². The Kier molecular flexibility index (Phi) is 4.15. The number of amides is 1. The number of aromatic nitrogens is 3. The van der Waals surface area contributed by atoms with Crippen LogP contribution in [0.15, 0.2) is 14.9 Å². The molecule has 2 rings (SSSR count). The van der Waals surface area contributed by atoms with Gasteiger partial charge in [-0.25, -0.2) is 0 Å². The highest BCUT2D eigenvalue weighted by Gasteiger charge is 2.09. The first kappa shape index (κ1) is 12.8. The largest absolute Gasteiger partial charge is 0.363 e. The van der Waals surface area contributed by atoms with Gasteiger partial charge in [0, 0.05) is 13.1 Å². The third-order valence-electron chi connectivity index (χ3n) is 1.84. The SMILES string of the molecule is CNc1nnc(SCC(=O)Nc2cc(C)on2)s1. The molecule has 0 bridgehead atoms. The molecule has 0 saturated carbocycles. The van der Waals surface area contributed by atoms with Crippen LogP contribution in [-0.2, 0) is 4.79 Å².